The Morgan fingerprint density at radius 3 is 2.94 bits per heavy atom. The number of benzene rings is 1. The number of aromatic nitrogens is 2. The number of nitrogens with zero attached hydrogens (tertiary/aromatic N) is 1. The molecule has 1 amide bonds. The molecule has 2 aromatic rings. The largest absolute Gasteiger partial charge is 0.349 e. The monoisotopic (exact) mass is 251 g/mol. The minimum atomic E-state index is -0.981. The minimum Gasteiger partial charge on any atom is -0.349 e. The van der Waals surface area contributed by atoms with Crippen LogP contribution in [0.25, 0.3) is 0 Å². The van der Waals surface area contributed by atoms with E-state index in [9.17, 15) is 13.6 Å². The molecule has 4 nitrogen and oxygen atoms in total. The van der Waals surface area contributed by atoms with Gasteiger partial charge in [-0.2, -0.15) is 0 Å². The van der Waals surface area contributed by atoms with E-state index in [0.29, 0.717) is 5.82 Å². The zero-order valence-corrected chi connectivity index (χ0v) is 9.41. The number of aromatic amines is 1. The Hall–Kier alpha value is -2.24. The second kappa shape index (κ2) is 5.39. The first-order chi connectivity index (χ1) is 8.66. The lowest BCUT2D eigenvalue weighted by molar-refractivity contribution is -0.120. The van der Waals surface area contributed by atoms with Crippen LogP contribution in [0.15, 0.2) is 30.6 Å². The Morgan fingerprint density at radius 2 is 2.22 bits per heavy atom. The van der Waals surface area contributed by atoms with Crippen LogP contribution in [0.5, 0.6) is 0 Å². The molecule has 0 bridgehead atoms. The third-order valence-electron chi connectivity index (χ3n) is 2.39. The quantitative estimate of drug-likeness (QED) is 0.866. The van der Waals surface area contributed by atoms with Crippen molar-refractivity contribution in [1.82, 2.24) is 15.3 Å². The van der Waals surface area contributed by atoms with Gasteiger partial charge in [-0.15, -0.1) is 0 Å². The van der Waals surface area contributed by atoms with Crippen molar-refractivity contribution in [2.75, 3.05) is 0 Å². The van der Waals surface area contributed by atoms with Gasteiger partial charge in [0.1, 0.15) is 5.82 Å². The summed E-state index contributed by atoms with van der Waals surface area (Å²) in [5.41, 5.74) is 0.0342. The molecule has 0 aliphatic heterocycles. The van der Waals surface area contributed by atoms with Crippen molar-refractivity contribution in [1.29, 1.82) is 0 Å². The van der Waals surface area contributed by atoms with Gasteiger partial charge < -0.3 is 10.3 Å². The molecule has 1 heterocycles. The molecule has 1 aromatic heterocycles. The molecular weight excluding hydrogens is 240 g/mol. The number of H-pyrrole nitrogens is 1. The topological polar surface area (TPSA) is 57.8 Å². The smallest absolute Gasteiger partial charge is 0.224 e. The molecular formula is C12H11F2N3O. The van der Waals surface area contributed by atoms with Crippen molar-refractivity contribution in [2.24, 2.45) is 0 Å². The summed E-state index contributed by atoms with van der Waals surface area (Å²) in [6, 6.07) is 3.76. The molecule has 2 rings (SSSR count). The zero-order chi connectivity index (χ0) is 13.0. The van der Waals surface area contributed by atoms with Gasteiger partial charge in [0.2, 0.25) is 5.91 Å². The Kier molecular flexibility index (Phi) is 3.66. The number of hydrogen-bond donors (Lipinski definition) is 2. The van der Waals surface area contributed by atoms with E-state index in [1.165, 1.54) is 12.1 Å². The number of carbonyl (C=O) groups excluding carboxylic acids is 1. The van der Waals surface area contributed by atoms with Crippen molar-refractivity contribution >= 4 is 5.91 Å². The zero-order valence-electron chi connectivity index (χ0n) is 9.41. The molecule has 18 heavy (non-hydrogen) atoms. The fraction of sp³-hybridized carbons (Fsp3) is 0.167. The van der Waals surface area contributed by atoms with Crippen molar-refractivity contribution < 1.29 is 13.6 Å². The maximum Gasteiger partial charge on any atom is 0.224 e. The fourth-order valence-electron chi connectivity index (χ4n) is 1.50. The number of hydrogen-bond acceptors (Lipinski definition) is 2. The summed E-state index contributed by atoms with van der Waals surface area (Å²) in [6.07, 6.45) is 2.99. The Bertz CT molecular complexity index is 540. The van der Waals surface area contributed by atoms with Crippen LogP contribution in [0.1, 0.15) is 11.4 Å². The lowest BCUT2D eigenvalue weighted by Gasteiger charge is -2.05. The average Bonchev–Trinajstić information content (AvgIpc) is 2.86. The van der Waals surface area contributed by atoms with E-state index < -0.39 is 17.5 Å². The second-order valence-electron chi connectivity index (χ2n) is 3.70. The van der Waals surface area contributed by atoms with Gasteiger partial charge in [-0.25, -0.2) is 13.8 Å². The van der Waals surface area contributed by atoms with Gasteiger partial charge >= 0.3 is 0 Å². The van der Waals surface area contributed by atoms with Gasteiger partial charge in [-0.1, -0.05) is 12.1 Å². The van der Waals surface area contributed by atoms with Crippen molar-refractivity contribution in [3.63, 3.8) is 0 Å². The van der Waals surface area contributed by atoms with Crippen LogP contribution in [0.4, 0.5) is 8.78 Å². The summed E-state index contributed by atoms with van der Waals surface area (Å²) in [6.45, 7) is 0.225. The molecule has 0 spiro atoms. The van der Waals surface area contributed by atoms with E-state index in [2.05, 4.69) is 15.3 Å². The highest BCUT2D eigenvalue weighted by Crippen LogP contribution is 2.11. The molecule has 0 atom stereocenters. The Labute approximate surface area is 102 Å². The summed E-state index contributed by atoms with van der Waals surface area (Å²) in [4.78, 5) is 18.3. The summed E-state index contributed by atoms with van der Waals surface area (Å²) in [5, 5.41) is 2.56. The van der Waals surface area contributed by atoms with E-state index in [1.54, 1.807) is 12.4 Å². The fourth-order valence-corrected chi connectivity index (χ4v) is 1.50. The van der Waals surface area contributed by atoms with Gasteiger partial charge in [0.25, 0.3) is 0 Å². The highest BCUT2D eigenvalue weighted by molar-refractivity contribution is 5.78. The first kappa shape index (κ1) is 12.2. The maximum absolute atomic E-state index is 13.3. The van der Waals surface area contributed by atoms with Gasteiger partial charge in [0, 0.05) is 18.0 Å². The van der Waals surface area contributed by atoms with Crippen molar-refractivity contribution in [3.05, 3.63) is 53.6 Å². The number of imidazole rings is 1. The van der Waals surface area contributed by atoms with Crippen molar-refractivity contribution in [3.8, 4) is 0 Å². The Balaban J connectivity index is 1.93. The lowest BCUT2D eigenvalue weighted by atomic mass is 10.1. The van der Waals surface area contributed by atoms with Gasteiger partial charge in [-0.05, 0) is 6.07 Å². The highest BCUT2D eigenvalue weighted by Gasteiger charge is 2.11. The first-order valence-electron chi connectivity index (χ1n) is 5.34. The van der Waals surface area contributed by atoms with Gasteiger partial charge in [0.15, 0.2) is 11.6 Å². The van der Waals surface area contributed by atoms with Crippen LogP contribution >= 0.6 is 0 Å². The number of carbonyl (C=O) groups is 1. The molecule has 0 saturated carbocycles. The van der Waals surface area contributed by atoms with Crippen LogP contribution in [0.2, 0.25) is 0 Å². The predicted molar refractivity (Wildman–Crippen MR) is 60.5 cm³/mol. The summed E-state index contributed by atoms with van der Waals surface area (Å²) < 4.78 is 26.2. The molecule has 0 saturated heterocycles. The molecule has 0 fully saturated rings. The molecule has 0 aliphatic rings. The first-order valence-corrected chi connectivity index (χ1v) is 5.34. The van der Waals surface area contributed by atoms with Gasteiger partial charge in [-0.3, -0.25) is 4.79 Å². The van der Waals surface area contributed by atoms with E-state index >= 15 is 0 Å². The van der Waals surface area contributed by atoms with Crippen LogP contribution in [0, 0.1) is 11.6 Å². The average molecular weight is 251 g/mol. The molecule has 94 valence electrons. The molecule has 0 radical (unpaired) electrons. The van der Waals surface area contributed by atoms with Gasteiger partial charge in [0.05, 0.1) is 13.0 Å². The van der Waals surface area contributed by atoms with Crippen molar-refractivity contribution in [2.45, 2.75) is 13.0 Å². The SMILES string of the molecule is O=C(Cc1cccc(F)c1F)NCc1ncc[nH]1. The molecule has 1 aromatic carbocycles. The third-order valence-corrected chi connectivity index (χ3v) is 2.39. The van der Waals surface area contributed by atoms with Crippen LogP contribution in [0.3, 0.4) is 0 Å². The Morgan fingerprint density at radius 1 is 1.39 bits per heavy atom. The van der Waals surface area contributed by atoms with Crippen LogP contribution in [-0.2, 0) is 17.8 Å². The van der Waals surface area contributed by atoms with E-state index in [1.807, 2.05) is 0 Å². The number of nitrogens with one attached hydrogen (secondary N) is 2. The molecule has 0 unspecified atom stereocenters. The molecule has 6 heteroatoms. The summed E-state index contributed by atoms with van der Waals surface area (Å²) in [5.74, 6) is -1.73. The standard InChI is InChI=1S/C12H11F2N3O/c13-9-3-1-2-8(12(9)14)6-11(18)17-7-10-15-4-5-16-10/h1-5H,6-7H2,(H,15,16)(H,17,18). The minimum absolute atomic E-state index is 0.0342. The molecule has 0 aliphatic carbocycles. The third kappa shape index (κ3) is 2.91. The summed E-state index contributed by atoms with van der Waals surface area (Å²) >= 11 is 0. The lowest BCUT2D eigenvalue weighted by Crippen LogP contribution is -2.25. The predicted octanol–water partition coefficient (Wildman–Crippen LogP) is 1.55. The van der Waals surface area contributed by atoms with Crippen LogP contribution < -0.4 is 5.32 Å². The molecule has 2 N–H and O–H groups in total. The number of rotatable bonds is 4. The highest BCUT2D eigenvalue weighted by atomic mass is 19.2. The normalized spacial score (nSPS) is 10.3. The summed E-state index contributed by atoms with van der Waals surface area (Å²) in [7, 11) is 0. The van der Waals surface area contributed by atoms with E-state index in [4.69, 9.17) is 0 Å². The van der Waals surface area contributed by atoms with E-state index in [0.717, 1.165) is 6.07 Å². The van der Waals surface area contributed by atoms with E-state index in [-0.39, 0.29) is 18.5 Å². The number of amides is 1. The second-order valence-corrected chi connectivity index (χ2v) is 3.70. The maximum atomic E-state index is 13.3. The van der Waals surface area contributed by atoms with Crippen LogP contribution in [-0.4, -0.2) is 15.9 Å². The number of halogens is 2.